The summed E-state index contributed by atoms with van der Waals surface area (Å²) in [5, 5.41) is 0. The Kier molecular flexibility index (Phi) is 4.21. The van der Waals surface area contributed by atoms with Crippen LogP contribution in [0.3, 0.4) is 0 Å². The summed E-state index contributed by atoms with van der Waals surface area (Å²) in [4.78, 5) is 19.0. The predicted molar refractivity (Wildman–Crippen MR) is 91.8 cm³/mol. The standard InChI is InChI=1S/C20H18N2O3/c23-20(19-11-16-6-1-2-8-18(16)25-19)22(14-17-7-4-10-24-17)13-15-5-3-9-21-12-15/h1-10,12,19H,11,13-14H2/t19-/m0/s1. The van der Waals surface area contributed by atoms with Crippen molar-refractivity contribution in [3.8, 4) is 5.75 Å². The van der Waals surface area contributed by atoms with Gasteiger partial charge in [0.25, 0.3) is 5.91 Å². The van der Waals surface area contributed by atoms with Gasteiger partial charge in [-0.3, -0.25) is 9.78 Å². The van der Waals surface area contributed by atoms with Gasteiger partial charge in [-0.05, 0) is 35.4 Å². The maximum Gasteiger partial charge on any atom is 0.264 e. The molecule has 126 valence electrons. The van der Waals surface area contributed by atoms with Crippen LogP contribution < -0.4 is 4.74 Å². The molecule has 0 saturated heterocycles. The number of aromatic nitrogens is 1. The summed E-state index contributed by atoms with van der Waals surface area (Å²) in [6, 6.07) is 15.3. The molecule has 0 aliphatic carbocycles. The van der Waals surface area contributed by atoms with Crippen molar-refractivity contribution < 1.29 is 13.9 Å². The Labute approximate surface area is 145 Å². The van der Waals surface area contributed by atoms with Crippen LogP contribution in [0.15, 0.2) is 71.6 Å². The quantitative estimate of drug-likeness (QED) is 0.719. The molecule has 25 heavy (non-hydrogen) atoms. The highest BCUT2D eigenvalue weighted by molar-refractivity contribution is 5.82. The predicted octanol–water partition coefficient (Wildman–Crippen LogP) is 3.21. The Morgan fingerprint density at radius 3 is 2.80 bits per heavy atom. The second kappa shape index (κ2) is 6.81. The fourth-order valence-electron chi connectivity index (χ4n) is 3.04. The van der Waals surface area contributed by atoms with Gasteiger partial charge in [0.05, 0.1) is 12.8 Å². The smallest absolute Gasteiger partial charge is 0.264 e. The maximum atomic E-state index is 13.1. The van der Waals surface area contributed by atoms with E-state index in [9.17, 15) is 4.79 Å². The molecule has 5 nitrogen and oxygen atoms in total. The molecule has 5 heteroatoms. The van der Waals surface area contributed by atoms with Crippen molar-refractivity contribution in [1.82, 2.24) is 9.88 Å². The van der Waals surface area contributed by atoms with Crippen LogP contribution in [0.4, 0.5) is 0 Å². The van der Waals surface area contributed by atoms with Gasteiger partial charge in [-0.2, -0.15) is 0 Å². The monoisotopic (exact) mass is 334 g/mol. The van der Waals surface area contributed by atoms with Gasteiger partial charge < -0.3 is 14.1 Å². The number of carbonyl (C=O) groups excluding carboxylic acids is 1. The van der Waals surface area contributed by atoms with E-state index in [1.807, 2.05) is 48.5 Å². The van der Waals surface area contributed by atoms with E-state index in [1.165, 1.54) is 0 Å². The molecule has 3 aromatic rings. The normalized spacial score (nSPS) is 15.4. The van der Waals surface area contributed by atoms with Crippen LogP contribution in [0.25, 0.3) is 0 Å². The molecule has 0 fully saturated rings. The first-order chi connectivity index (χ1) is 12.3. The molecule has 1 aliphatic rings. The second-order valence-corrected chi connectivity index (χ2v) is 6.05. The third kappa shape index (κ3) is 3.40. The molecule has 4 rings (SSSR count). The number of carbonyl (C=O) groups is 1. The molecule has 1 amide bonds. The molecule has 0 N–H and O–H groups in total. The number of hydrogen-bond donors (Lipinski definition) is 0. The molecule has 0 saturated carbocycles. The largest absolute Gasteiger partial charge is 0.480 e. The number of nitrogens with zero attached hydrogens (tertiary/aromatic N) is 2. The van der Waals surface area contributed by atoms with Crippen molar-refractivity contribution in [3.05, 3.63) is 84.1 Å². The second-order valence-electron chi connectivity index (χ2n) is 6.05. The van der Waals surface area contributed by atoms with Gasteiger partial charge in [-0.15, -0.1) is 0 Å². The average Bonchev–Trinajstić information content (AvgIpc) is 3.30. The molecule has 1 aromatic carbocycles. The summed E-state index contributed by atoms with van der Waals surface area (Å²) in [5.74, 6) is 1.49. The molecule has 0 radical (unpaired) electrons. The zero-order valence-electron chi connectivity index (χ0n) is 13.7. The number of furan rings is 1. The van der Waals surface area contributed by atoms with Crippen molar-refractivity contribution in [3.63, 3.8) is 0 Å². The SMILES string of the molecule is O=C([C@@H]1Cc2ccccc2O1)N(Cc1cccnc1)Cc1ccco1. The molecular weight excluding hydrogens is 316 g/mol. The average molecular weight is 334 g/mol. The van der Waals surface area contributed by atoms with Gasteiger partial charge in [-0.1, -0.05) is 24.3 Å². The van der Waals surface area contributed by atoms with Crippen molar-refractivity contribution in [2.75, 3.05) is 0 Å². The van der Waals surface area contributed by atoms with Gasteiger partial charge in [0.15, 0.2) is 6.10 Å². The minimum atomic E-state index is -0.496. The zero-order chi connectivity index (χ0) is 17.1. The molecule has 3 heterocycles. The molecule has 0 spiro atoms. The van der Waals surface area contributed by atoms with Crippen molar-refractivity contribution in [2.45, 2.75) is 25.6 Å². The lowest BCUT2D eigenvalue weighted by molar-refractivity contribution is -0.139. The van der Waals surface area contributed by atoms with Crippen molar-refractivity contribution in [2.24, 2.45) is 0 Å². The highest BCUT2D eigenvalue weighted by Gasteiger charge is 2.32. The van der Waals surface area contributed by atoms with E-state index in [-0.39, 0.29) is 5.91 Å². The first kappa shape index (κ1) is 15.4. The number of benzene rings is 1. The van der Waals surface area contributed by atoms with Gasteiger partial charge in [0.2, 0.25) is 0 Å². The lowest BCUT2D eigenvalue weighted by Gasteiger charge is -2.24. The number of rotatable bonds is 5. The highest BCUT2D eigenvalue weighted by atomic mass is 16.5. The lowest BCUT2D eigenvalue weighted by Crippen LogP contribution is -2.40. The molecule has 0 unspecified atom stereocenters. The third-order valence-corrected chi connectivity index (χ3v) is 4.26. The summed E-state index contributed by atoms with van der Waals surface area (Å²) in [5.41, 5.74) is 2.04. The van der Waals surface area contributed by atoms with Crippen LogP contribution >= 0.6 is 0 Å². The Hall–Kier alpha value is -3.08. The van der Waals surface area contributed by atoms with E-state index >= 15 is 0 Å². The van der Waals surface area contributed by atoms with E-state index in [2.05, 4.69) is 4.98 Å². The van der Waals surface area contributed by atoms with E-state index < -0.39 is 6.10 Å². The minimum Gasteiger partial charge on any atom is -0.480 e. The third-order valence-electron chi connectivity index (χ3n) is 4.26. The topological polar surface area (TPSA) is 55.6 Å². The summed E-state index contributed by atoms with van der Waals surface area (Å²) in [6.07, 6.45) is 5.20. The van der Waals surface area contributed by atoms with Gasteiger partial charge in [0, 0.05) is 25.4 Å². The van der Waals surface area contributed by atoms with Gasteiger partial charge in [-0.25, -0.2) is 0 Å². The first-order valence-corrected chi connectivity index (χ1v) is 8.24. The number of para-hydroxylation sites is 1. The number of ether oxygens (including phenoxy) is 1. The number of hydrogen-bond acceptors (Lipinski definition) is 4. The van der Waals surface area contributed by atoms with Crippen LogP contribution in [0.1, 0.15) is 16.9 Å². The zero-order valence-corrected chi connectivity index (χ0v) is 13.7. The first-order valence-electron chi connectivity index (χ1n) is 8.24. The van der Waals surface area contributed by atoms with E-state index in [0.717, 1.165) is 22.6 Å². The van der Waals surface area contributed by atoms with E-state index in [0.29, 0.717) is 19.5 Å². The number of amides is 1. The van der Waals surface area contributed by atoms with Crippen LogP contribution in [0.5, 0.6) is 5.75 Å². The summed E-state index contributed by atoms with van der Waals surface area (Å²) < 4.78 is 11.3. The van der Waals surface area contributed by atoms with Crippen LogP contribution in [-0.4, -0.2) is 21.9 Å². The van der Waals surface area contributed by atoms with Crippen LogP contribution in [-0.2, 0) is 24.3 Å². The van der Waals surface area contributed by atoms with Crippen molar-refractivity contribution >= 4 is 5.91 Å². The van der Waals surface area contributed by atoms with Gasteiger partial charge in [0.1, 0.15) is 11.5 Å². The number of fused-ring (bicyclic) bond motifs is 1. The highest BCUT2D eigenvalue weighted by Crippen LogP contribution is 2.29. The van der Waals surface area contributed by atoms with E-state index in [4.69, 9.17) is 9.15 Å². The summed E-state index contributed by atoms with van der Waals surface area (Å²) in [7, 11) is 0. The molecular formula is C20H18N2O3. The Morgan fingerprint density at radius 2 is 2.04 bits per heavy atom. The van der Waals surface area contributed by atoms with E-state index in [1.54, 1.807) is 23.6 Å². The van der Waals surface area contributed by atoms with Crippen LogP contribution in [0.2, 0.25) is 0 Å². The summed E-state index contributed by atoms with van der Waals surface area (Å²) in [6.45, 7) is 0.862. The Morgan fingerprint density at radius 1 is 1.12 bits per heavy atom. The number of pyridine rings is 1. The fraction of sp³-hybridized carbons (Fsp3) is 0.200. The molecule has 2 aromatic heterocycles. The Bertz CT molecular complexity index is 821. The van der Waals surface area contributed by atoms with Crippen LogP contribution in [0, 0.1) is 0 Å². The molecule has 1 aliphatic heterocycles. The molecule has 0 bridgehead atoms. The van der Waals surface area contributed by atoms with Gasteiger partial charge >= 0.3 is 0 Å². The fourth-order valence-corrected chi connectivity index (χ4v) is 3.04. The summed E-state index contributed by atoms with van der Waals surface area (Å²) >= 11 is 0. The van der Waals surface area contributed by atoms with Crippen molar-refractivity contribution in [1.29, 1.82) is 0 Å². The minimum absolute atomic E-state index is 0.0450. The maximum absolute atomic E-state index is 13.1. The molecule has 1 atom stereocenters. The Balaban J connectivity index is 1.54. The lowest BCUT2D eigenvalue weighted by atomic mass is 10.1.